The number of methoxy groups -OCH3 is 1. The quantitative estimate of drug-likeness (QED) is 0.566. The van der Waals surface area contributed by atoms with Gasteiger partial charge in [0.1, 0.15) is 5.82 Å². The maximum Gasteiger partial charge on any atom is 0.307 e. The van der Waals surface area contributed by atoms with E-state index < -0.39 is 17.0 Å². The molecule has 1 N–H and O–H groups in total. The third kappa shape index (κ3) is 6.00. The molecule has 1 amide bonds. The number of amides is 1. The van der Waals surface area contributed by atoms with Crippen LogP contribution in [0.4, 0.5) is 10.1 Å². The molecule has 0 fully saturated rings. The van der Waals surface area contributed by atoms with E-state index in [0.29, 0.717) is 11.3 Å². The van der Waals surface area contributed by atoms with Crippen molar-refractivity contribution in [1.29, 1.82) is 0 Å². The number of ether oxygens (including phenoxy) is 1. The van der Waals surface area contributed by atoms with Gasteiger partial charge in [-0.1, -0.05) is 30.3 Å². The van der Waals surface area contributed by atoms with Gasteiger partial charge in [0.05, 0.1) is 24.5 Å². The lowest BCUT2D eigenvalue weighted by Crippen LogP contribution is -2.25. The molecule has 0 radical (unpaired) electrons. The Morgan fingerprint density at radius 1 is 1.08 bits per heavy atom. The van der Waals surface area contributed by atoms with E-state index in [2.05, 4.69) is 10.1 Å². The summed E-state index contributed by atoms with van der Waals surface area (Å²) < 4.78 is 17.5. The fraction of sp³-hybridized carbons (Fsp3) is 0.211. The van der Waals surface area contributed by atoms with Crippen molar-refractivity contribution in [3.63, 3.8) is 0 Å². The molecule has 26 heavy (non-hydrogen) atoms. The van der Waals surface area contributed by atoms with E-state index in [4.69, 9.17) is 0 Å². The van der Waals surface area contributed by atoms with Gasteiger partial charge in [-0.15, -0.1) is 11.8 Å². The van der Waals surface area contributed by atoms with Crippen molar-refractivity contribution in [3.05, 3.63) is 66.0 Å². The highest BCUT2D eigenvalue weighted by atomic mass is 32.2. The van der Waals surface area contributed by atoms with Crippen molar-refractivity contribution in [2.45, 2.75) is 11.7 Å². The van der Waals surface area contributed by atoms with Gasteiger partial charge in [-0.25, -0.2) is 4.39 Å². The molecular formula is C19H18FNO4S. The first-order valence-corrected chi connectivity index (χ1v) is 8.87. The second kappa shape index (κ2) is 9.72. The van der Waals surface area contributed by atoms with Gasteiger partial charge in [-0.3, -0.25) is 14.4 Å². The zero-order valence-corrected chi connectivity index (χ0v) is 14.9. The number of hydrogen-bond donors (Lipinski definition) is 1. The highest BCUT2D eigenvalue weighted by Gasteiger charge is 2.25. The number of carbonyl (C=O) groups excluding carboxylic acids is 3. The van der Waals surface area contributed by atoms with Crippen molar-refractivity contribution in [2.75, 3.05) is 18.2 Å². The van der Waals surface area contributed by atoms with E-state index >= 15 is 0 Å². The molecule has 2 aromatic carbocycles. The molecule has 136 valence electrons. The van der Waals surface area contributed by atoms with Gasteiger partial charge in [-0.05, 0) is 24.3 Å². The number of nitrogens with one attached hydrogen (secondary N) is 1. The van der Waals surface area contributed by atoms with Crippen LogP contribution >= 0.6 is 11.8 Å². The molecule has 0 heterocycles. The normalized spacial score (nSPS) is 11.5. The number of thioether (sulfide) groups is 1. The fourth-order valence-corrected chi connectivity index (χ4v) is 3.12. The number of esters is 1. The molecule has 0 aromatic heterocycles. The van der Waals surface area contributed by atoms with Gasteiger partial charge in [0.25, 0.3) is 0 Å². The van der Waals surface area contributed by atoms with E-state index in [1.165, 1.54) is 31.4 Å². The summed E-state index contributed by atoms with van der Waals surface area (Å²) in [6.07, 6.45) is -0.126. The van der Waals surface area contributed by atoms with Crippen molar-refractivity contribution in [1.82, 2.24) is 0 Å². The van der Waals surface area contributed by atoms with Crippen LogP contribution in [-0.4, -0.2) is 35.8 Å². The van der Waals surface area contributed by atoms with E-state index in [1.54, 1.807) is 30.3 Å². The van der Waals surface area contributed by atoms with Gasteiger partial charge < -0.3 is 10.1 Å². The third-order valence-electron chi connectivity index (χ3n) is 3.47. The van der Waals surface area contributed by atoms with Crippen molar-refractivity contribution < 1.29 is 23.5 Å². The first-order valence-electron chi connectivity index (χ1n) is 7.82. The van der Waals surface area contributed by atoms with Crippen LogP contribution in [0.5, 0.6) is 0 Å². The molecule has 2 aromatic rings. The topological polar surface area (TPSA) is 72.5 Å². The van der Waals surface area contributed by atoms with E-state index in [0.717, 1.165) is 11.8 Å². The van der Waals surface area contributed by atoms with Crippen LogP contribution in [0.1, 0.15) is 16.8 Å². The van der Waals surface area contributed by atoms with Gasteiger partial charge >= 0.3 is 5.97 Å². The summed E-state index contributed by atoms with van der Waals surface area (Å²) in [5.74, 6) is -1.54. The van der Waals surface area contributed by atoms with Crippen LogP contribution in [0.2, 0.25) is 0 Å². The summed E-state index contributed by atoms with van der Waals surface area (Å²) in [4.78, 5) is 36.3. The van der Waals surface area contributed by atoms with Gasteiger partial charge in [-0.2, -0.15) is 0 Å². The summed E-state index contributed by atoms with van der Waals surface area (Å²) in [5.41, 5.74) is 0.920. The minimum atomic E-state index is -0.733. The van der Waals surface area contributed by atoms with E-state index in [9.17, 15) is 18.8 Å². The Morgan fingerprint density at radius 2 is 1.73 bits per heavy atom. The second-order valence-electron chi connectivity index (χ2n) is 5.37. The lowest BCUT2D eigenvalue weighted by molar-refractivity contribution is -0.140. The Hall–Kier alpha value is -2.67. The molecule has 2 rings (SSSR count). The molecule has 7 heteroatoms. The zero-order valence-electron chi connectivity index (χ0n) is 14.1. The number of Topliss-reactive ketones (excluding diaryl/α,β-unsaturated/α-hetero) is 1. The van der Waals surface area contributed by atoms with Crippen molar-refractivity contribution >= 4 is 35.1 Å². The minimum Gasteiger partial charge on any atom is -0.469 e. The first kappa shape index (κ1) is 19.7. The van der Waals surface area contributed by atoms with Crippen LogP contribution in [-0.2, 0) is 14.3 Å². The Kier molecular flexibility index (Phi) is 7.35. The molecule has 1 atom stereocenters. The van der Waals surface area contributed by atoms with Gasteiger partial charge in [0.2, 0.25) is 5.91 Å². The summed E-state index contributed by atoms with van der Waals surface area (Å²) in [6.45, 7) is 0. The molecule has 5 nitrogen and oxygen atoms in total. The molecule has 0 aliphatic heterocycles. The molecular weight excluding hydrogens is 357 g/mol. The highest BCUT2D eigenvalue weighted by molar-refractivity contribution is 8.01. The SMILES string of the molecule is COC(=O)CC(SCC(=O)Nc1ccc(F)cc1)C(=O)c1ccccc1. The largest absolute Gasteiger partial charge is 0.469 e. The average molecular weight is 375 g/mol. The van der Waals surface area contributed by atoms with Crippen molar-refractivity contribution in [2.24, 2.45) is 0 Å². The standard InChI is InChI=1S/C19H18FNO4S/c1-25-18(23)11-16(19(24)13-5-3-2-4-6-13)26-12-17(22)21-15-9-7-14(20)8-10-15/h2-10,16H,11-12H2,1H3,(H,21,22). The molecule has 0 aliphatic rings. The smallest absolute Gasteiger partial charge is 0.307 e. The van der Waals surface area contributed by atoms with E-state index in [1.807, 2.05) is 0 Å². The van der Waals surface area contributed by atoms with E-state index in [-0.39, 0.29) is 23.9 Å². The predicted octanol–water partition coefficient (Wildman–Crippen LogP) is 3.31. The Labute approximate surface area is 154 Å². The molecule has 0 saturated heterocycles. The van der Waals surface area contributed by atoms with Gasteiger partial charge in [0.15, 0.2) is 5.78 Å². The molecule has 1 unspecified atom stereocenters. The fourth-order valence-electron chi connectivity index (χ4n) is 2.16. The summed E-state index contributed by atoms with van der Waals surface area (Å²) in [7, 11) is 1.25. The number of rotatable bonds is 8. The number of ketones is 1. The summed E-state index contributed by atoms with van der Waals surface area (Å²) in [6, 6.07) is 13.9. The predicted molar refractivity (Wildman–Crippen MR) is 98.7 cm³/mol. The van der Waals surface area contributed by atoms with Crippen LogP contribution in [0, 0.1) is 5.82 Å². The van der Waals surface area contributed by atoms with Crippen LogP contribution in [0.25, 0.3) is 0 Å². The van der Waals surface area contributed by atoms with Crippen LogP contribution in [0.15, 0.2) is 54.6 Å². The summed E-state index contributed by atoms with van der Waals surface area (Å²) >= 11 is 1.06. The maximum atomic E-state index is 12.9. The monoisotopic (exact) mass is 375 g/mol. The molecule has 0 spiro atoms. The second-order valence-corrected chi connectivity index (χ2v) is 6.56. The molecule has 0 aliphatic carbocycles. The lowest BCUT2D eigenvalue weighted by atomic mass is 10.1. The van der Waals surface area contributed by atoms with Crippen molar-refractivity contribution in [3.8, 4) is 0 Å². The number of benzene rings is 2. The zero-order chi connectivity index (χ0) is 18.9. The number of halogens is 1. The Balaban J connectivity index is 1.99. The average Bonchev–Trinajstić information content (AvgIpc) is 2.66. The Bertz CT molecular complexity index is 765. The highest BCUT2D eigenvalue weighted by Crippen LogP contribution is 2.21. The number of carbonyl (C=O) groups is 3. The molecule has 0 saturated carbocycles. The Morgan fingerprint density at radius 3 is 2.35 bits per heavy atom. The number of hydrogen-bond acceptors (Lipinski definition) is 5. The van der Waals surface area contributed by atoms with Crippen LogP contribution in [0.3, 0.4) is 0 Å². The number of anilines is 1. The van der Waals surface area contributed by atoms with Gasteiger partial charge in [0, 0.05) is 11.3 Å². The van der Waals surface area contributed by atoms with Crippen LogP contribution < -0.4 is 5.32 Å². The third-order valence-corrected chi connectivity index (χ3v) is 4.69. The lowest BCUT2D eigenvalue weighted by Gasteiger charge is -2.14. The molecule has 0 bridgehead atoms. The maximum absolute atomic E-state index is 12.9. The first-order chi connectivity index (χ1) is 12.5. The summed E-state index contributed by atoms with van der Waals surface area (Å²) in [5, 5.41) is 1.88. The minimum absolute atomic E-state index is 0.0301.